The molecule has 1 fully saturated rings. The molecule has 0 aromatic heterocycles. The molecule has 114 valence electrons. The van der Waals surface area contributed by atoms with Gasteiger partial charge in [-0.1, -0.05) is 11.6 Å². The van der Waals surface area contributed by atoms with Crippen molar-refractivity contribution in [3.05, 3.63) is 23.2 Å². The zero-order chi connectivity index (χ0) is 15.4. The molecule has 1 aromatic carbocycles. The molecule has 5 nitrogen and oxygen atoms in total. The minimum absolute atomic E-state index is 0.224. The van der Waals surface area contributed by atoms with E-state index < -0.39 is 0 Å². The van der Waals surface area contributed by atoms with Crippen LogP contribution in [0.1, 0.15) is 12.8 Å². The molecule has 7 heteroatoms. The first-order valence-corrected chi connectivity index (χ1v) is 8.30. The Balaban J connectivity index is 2.07. The van der Waals surface area contributed by atoms with E-state index in [1.165, 1.54) is 11.8 Å². The zero-order valence-electron chi connectivity index (χ0n) is 11.8. The summed E-state index contributed by atoms with van der Waals surface area (Å²) in [6.07, 6.45) is 3.46. The number of thioether (sulfide) groups is 1. The van der Waals surface area contributed by atoms with Gasteiger partial charge in [-0.2, -0.15) is 0 Å². The minimum atomic E-state index is -0.347. The normalized spacial score (nSPS) is 18.4. The molecule has 1 heterocycles. The van der Waals surface area contributed by atoms with E-state index >= 15 is 0 Å². The molecule has 1 aliphatic rings. The molecule has 0 bridgehead atoms. The summed E-state index contributed by atoms with van der Waals surface area (Å²) in [4.78, 5) is 26.2. The van der Waals surface area contributed by atoms with Gasteiger partial charge in [-0.15, -0.1) is 11.8 Å². The number of nitrogens with two attached hydrogens (primary N) is 1. The van der Waals surface area contributed by atoms with Crippen LogP contribution < -0.4 is 11.1 Å². The zero-order valence-corrected chi connectivity index (χ0v) is 13.3. The molecule has 0 spiro atoms. The van der Waals surface area contributed by atoms with Crippen LogP contribution in [-0.2, 0) is 4.79 Å². The number of benzene rings is 1. The molecule has 2 rings (SSSR count). The van der Waals surface area contributed by atoms with Crippen molar-refractivity contribution < 1.29 is 9.59 Å². The highest BCUT2D eigenvalue weighted by Gasteiger charge is 2.27. The van der Waals surface area contributed by atoms with Crippen LogP contribution >= 0.6 is 23.4 Å². The van der Waals surface area contributed by atoms with E-state index in [1.54, 1.807) is 17.0 Å². The van der Waals surface area contributed by atoms with Crippen molar-refractivity contribution in [3.8, 4) is 0 Å². The molecule has 1 atom stereocenters. The smallest absolute Gasteiger partial charge is 0.321 e. The summed E-state index contributed by atoms with van der Waals surface area (Å²) in [5, 5.41) is 3.43. The summed E-state index contributed by atoms with van der Waals surface area (Å²) < 4.78 is 0. The third kappa shape index (κ3) is 4.04. The lowest BCUT2D eigenvalue weighted by Gasteiger charge is -2.31. The number of anilines is 1. The van der Waals surface area contributed by atoms with Gasteiger partial charge in [0, 0.05) is 23.0 Å². The SMILES string of the molecule is CSc1ccc(Cl)cc1NC(=O)N1CCCC(C(N)=O)C1. The summed E-state index contributed by atoms with van der Waals surface area (Å²) in [6, 6.07) is 5.15. The first-order chi connectivity index (χ1) is 10.0. The largest absolute Gasteiger partial charge is 0.369 e. The number of nitrogens with one attached hydrogen (secondary N) is 1. The number of urea groups is 1. The van der Waals surface area contributed by atoms with Crippen LogP contribution in [0, 0.1) is 5.92 Å². The Hall–Kier alpha value is -1.40. The van der Waals surface area contributed by atoms with Gasteiger partial charge in [0.2, 0.25) is 5.91 Å². The highest BCUT2D eigenvalue weighted by atomic mass is 35.5. The number of amides is 3. The quantitative estimate of drug-likeness (QED) is 0.838. The highest BCUT2D eigenvalue weighted by molar-refractivity contribution is 7.98. The maximum Gasteiger partial charge on any atom is 0.321 e. The van der Waals surface area contributed by atoms with Crippen molar-refractivity contribution in [1.29, 1.82) is 0 Å². The molecule has 0 aliphatic carbocycles. The van der Waals surface area contributed by atoms with Gasteiger partial charge >= 0.3 is 6.03 Å². The van der Waals surface area contributed by atoms with Crippen LogP contribution in [-0.4, -0.2) is 36.2 Å². The average molecular weight is 328 g/mol. The van der Waals surface area contributed by atoms with Crippen molar-refractivity contribution in [3.63, 3.8) is 0 Å². The molecular formula is C14H18ClN3O2S. The fourth-order valence-electron chi connectivity index (χ4n) is 2.37. The fraction of sp³-hybridized carbons (Fsp3) is 0.429. The minimum Gasteiger partial charge on any atom is -0.369 e. The number of rotatable bonds is 3. The number of primary amides is 1. The first kappa shape index (κ1) is 16.0. The van der Waals surface area contributed by atoms with Crippen LogP contribution in [0.2, 0.25) is 5.02 Å². The van der Waals surface area contributed by atoms with Gasteiger partial charge in [0.25, 0.3) is 0 Å². The van der Waals surface area contributed by atoms with Gasteiger partial charge in [-0.3, -0.25) is 4.79 Å². The number of hydrogen-bond acceptors (Lipinski definition) is 3. The topological polar surface area (TPSA) is 75.4 Å². The summed E-state index contributed by atoms with van der Waals surface area (Å²) in [5.41, 5.74) is 6.01. The van der Waals surface area contributed by atoms with Crippen LogP contribution in [0.3, 0.4) is 0 Å². The van der Waals surface area contributed by atoms with E-state index in [-0.39, 0.29) is 17.9 Å². The number of hydrogen-bond donors (Lipinski definition) is 2. The summed E-state index contributed by atoms with van der Waals surface area (Å²) >= 11 is 7.50. The standard InChI is InChI=1S/C14H18ClN3O2S/c1-21-12-5-4-10(15)7-11(12)17-14(20)18-6-2-3-9(8-18)13(16)19/h4-5,7,9H,2-3,6,8H2,1H3,(H2,16,19)(H,17,20). The molecule has 0 radical (unpaired) electrons. The maximum absolute atomic E-state index is 12.3. The lowest BCUT2D eigenvalue weighted by Crippen LogP contribution is -2.45. The second kappa shape index (κ2) is 7.04. The molecule has 0 saturated carbocycles. The second-order valence-electron chi connectivity index (χ2n) is 4.96. The van der Waals surface area contributed by atoms with Crippen molar-refractivity contribution in [1.82, 2.24) is 4.90 Å². The van der Waals surface area contributed by atoms with Crippen molar-refractivity contribution >= 4 is 41.0 Å². The van der Waals surface area contributed by atoms with Crippen LogP contribution in [0.15, 0.2) is 23.1 Å². The highest BCUT2D eigenvalue weighted by Crippen LogP contribution is 2.29. The summed E-state index contributed by atoms with van der Waals surface area (Å²) in [6.45, 7) is 1.00. The van der Waals surface area contributed by atoms with E-state index in [2.05, 4.69) is 5.32 Å². The number of piperidine rings is 1. The Morgan fingerprint density at radius 1 is 1.48 bits per heavy atom. The molecule has 3 amide bonds. The number of nitrogens with zero attached hydrogens (tertiary/aromatic N) is 1. The number of halogens is 1. The molecule has 1 unspecified atom stereocenters. The van der Waals surface area contributed by atoms with Crippen molar-refractivity contribution in [2.24, 2.45) is 11.7 Å². The Morgan fingerprint density at radius 2 is 2.24 bits per heavy atom. The maximum atomic E-state index is 12.3. The van der Waals surface area contributed by atoms with Gasteiger partial charge < -0.3 is 16.0 Å². The predicted octanol–water partition coefficient (Wildman–Crippen LogP) is 2.79. The lowest BCUT2D eigenvalue weighted by atomic mass is 9.98. The summed E-state index contributed by atoms with van der Waals surface area (Å²) in [7, 11) is 0. The van der Waals surface area contributed by atoms with Crippen LogP contribution in [0.4, 0.5) is 10.5 Å². The Morgan fingerprint density at radius 3 is 2.90 bits per heavy atom. The van der Waals surface area contributed by atoms with Crippen LogP contribution in [0.25, 0.3) is 0 Å². The van der Waals surface area contributed by atoms with Crippen molar-refractivity contribution in [2.75, 3.05) is 24.7 Å². The summed E-state index contributed by atoms with van der Waals surface area (Å²) in [5.74, 6) is -0.607. The first-order valence-electron chi connectivity index (χ1n) is 6.70. The molecule has 21 heavy (non-hydrogen) atoms. The lowest BCUT2D eigenvalue weighted by molar-refractivity contribution is -0.123. The number of carbonyl (C=O) groups is 2. The van der Waals surface area contributed by atoms with E-state index in [4.69, 9.17) is 17.3 Å². The van der Waals surface area contributed by atoms with E-state index in [1.807, 2.05) is 12.3 Å². The van der Waals surface area contributed by atoms with E-state index in [0.717, 1.165) is 17.7 Å². The monoisotopic (exact) mass is 327 g/mol. The van der Waals surface area contributed by atoms with Gasteiger partial charge in [-0.05, 0) is 37.3 Å². The average Bonchev–Trinajstić information content (AvgIpc) is 2.47. The van der Waals surface area contributed by atoms with Gasteiger partial charge in [0.05, 0.1) is 11.6 Å². The Labute approximate surface area is 133 Å². The fourth-order valence-corrected chi connectivity index (χ4v) is 3.07. The second-order valence-corrected chi connectivity index (χ2v) is 6.25. The van der Waals surface area contributed by atoms with Crippen molar-refractivity contribution in [2.45, 2.75) is 17.7 Å². The number of carbonyl (C=O) groups excluding carboxylic acids is 2. The van der Waals surface area contributed by atoms with Gasteiger partial charge in [0.1, 0.15) is 0 Å². The number of likely N-dealkylation sites (tertiary alicyclic amines) is 1. The van der Waals surface area contributed by atoms with Crippen LogP contribution in [0.5, 0.6) is 0 Å². The van der Waals surface area contributed by atoms with E-state index in [9.17, 15) is 9.59 Å². The molecule has 1 aliphatic heterocycles. The molecule has 1 aromatic rings. The predicted molar refractivity (Wildman–Crippen MR) is 85.7 cm³/mol. The molecule has 3 N–H and O–H groups in total. The molecule has 1 saturated heterocycles. The Kier molecular flexibility index (Phi) is 5.36. The third-order valence-corrected chi connectivity index (χ3v) is 4.55. The van der Waals surface area contributed by atoms with Gasteiger partial charge in [-0.25, -0.2) is 4.79 Å². The van der Waals surface area contributed by atoms with Gasteiger partial charge in [0.15, 0.2) is 0 Å². The molecular weight excluding hydrogens is 310 g/mol. The third-order valence-electron chi connectivity index (χ3n) is 3.51. The van der Waals surface area contributed by atoms with E-state index in [0.29, 0.717) is 23.8 Å². The Bertz CT molecular complexity index is 553.